The fourth-order valence-electron chi connectivity index (χ4n) is 1.42. The van der Waals surface area contributed by atoms with Crippen molar-refractivity contribution in [3.05, 3.63) is 28.6 Å². The first-order valence-corrected chi connectivity index (χ1v) is 4.74. The molecular weight excluding hydrogens is 230 g/mol. The first-order chi connectivity index (χ1) is 8.01. The number of aromatic nitrogens is 1. The molecule has 0 aromatic carbocycles. The van der Waals surface area contributed by atoms with Crippen LogP contribution < -0.4 is 0 Å². The third kappa shape index (κ3) is 2.75. The van der Waals surface area contributed by atoms with Gasteiger partial charge in [-0.15, -0.1) is 0 Å². The van der Waals surface area contributed by atoms with Gasteiger partial charge in [-0.25, -0.2) is 8.78 Å². The van der Waals surface area contributed by atoms with Crippen LogP contribution in [-0.2, 0) is 16.0 Å². The number of carbonyl (C=O) groups excluding carboxylic acids is 1. The van der Waals surface area contributed by atoms with Gasteiger partial charge in [0.1, 0.15) is 6.07 Å². The lowest BCUT2D eigenvalue weighted by Crippen LogP contribution is -2.10. The smallest absolute Gasteiger partial charge is 0.310 e. The summed E-state index contributed by atoms with van der Waals surface area (Å²) in [5.74, 6) is -0.651. The average molecular weight is 240 g/mol. The third-order valence-electron chi connectivity index (χ3n) is 2.28. The van der Waals surface area contributed by atoms with Crippen LogP contribution in [0.5, 0.6) is 0 Å². The summed E-state index contributed by atoms with van der Waals surface area (Å²) in [6.07, 6.45) is -1.97. The summed E-state index contributed by atoms with van der Waals surface area (Å²) >= 11 is 0. The molecule has 0 spiro atoms. The first-order valence-electron chi connectivity index (χ1n) is 4.74. The number of halogens is 2. The lowest BCUT2D eigenvalue weighted by Gasteiger charge is -2.10. The van der Waals surface area contributed by atoms with Crippen molar-refractivity contribution in [2.24, 2.45) is 0 Å². The van der Waals surface area contributed by atoms with Gasteiger partial charge in [0.05, 0.1) is 24.8 Å². The zero-order chi connectivity index (χ0) is 13.0. The highest BCUT2D eigenvalue weighted by atomic mass is 19.3. The second-order valence-corrected chi connectivity index (χ2v) is 3.32. The van der Waals surface area contributed by atoms with E-state index in [0.29, 0.717) is 0 Å². The van der Waals surface area contributed by atoms with Crippen LogP contribution in [0.2, 0.25) is 0 Å². The Morgan fingerprint density at radius 3 is 2.76 bits per heavy atom. The number of pyridine rings is 1. The van der Waals surface area contributed by atoms with Gasteiger partial charge in [-0.2, -0.15) is 5.26 Å². The van der Waals surface area contributed by atoms with Crippen molar-refractivity contribution in [2.45, 2.75) is 19.8 Å². The van der Waals surface area contributed by atoms with Gasteiger partial charge in [-0.3, -0.25) is 9.78 Å². The standard InChI is InChI=1S/C11H10F2N2O2/c1-6-8(4-14)10(11(12)13)7(5-15-6)3-9(16)17-2/h5,11H,3H2,1-2H3. The Bertz CT molecular complexity index is 481. The van der Waals surface area contributed by atoms with E-state index in [1.54, 1.807) is 6.07 Å². The highest BCUT2D eigenvalue weighted by Gasteiger charge is 2.22. The van der Waals surface area contributed by atoms with Crippen molar-refractivity contribution in [3.63, 3.8) is 0 Å². The van der Waals surface area contributed by atoms with Crippen LogP contribution in [0.1, 0.15) is 28.8 Å². The molecule has 0 aliphatic carbocycles. The number of nitriles is 1. The number of hydrogen-bond acceptors (Lipinski definition) is 4. The van der Waals surface area contributed by atoms with E-state index in [9.17, 15) is 13.6 Å². The normalized spacial score (nSPS) is 10.1. The molecular formula is C11H10F2N2O2. The van der Waals surface area contributed by atoms with E-state index in [0.717, 1.165) is 7.11 Å². The Morgan fingerprint density at radius 2 is 2.29 bits per heavy atom. The van der Waals surface area contributed by atoms with Crippen molar-refractivity contribution in [3.8, 4) is 6.07 Å². The molecule has 17 heavy (non-hydrogen) atoms. The summed E-state index contributed by atoms with van der Waals surface area (Å²) in [5, 5.41) is 8.82. The van der Waals surface area contributed by atoms with E-state index in [4.69, 9.17) is 5.26 Å². The molecule has 90 valence electrons. The van der Waals surface area contributed by atoms with Gasteiger partial charge < -0.3 is 4.74 Å². The van der Waals surface area contributed by atoms with E-state index in [2.05, 4.69) is 9.72 Å². The van der Waals surface area contributed by atoms with E-state index >= 15 is 0 Å². The van der Waals surface area contributed by atoms with Crippen LogP contribution in [0.15, 0.2) is 6.20 Å². The van der Waals surface area contributed by atoms with Gasteiger partial charge >= 0.3 is 5.97 Å². The van der Waals surface area contributed by atoms with E-state index in [1.165, 1.54) is 13.1 Å². The first kappa shape index (κ1) is 13.0. The van der Waals surface area contributed by atoms with Gasteiger partial charge in [-0.1, -0.05) is 0 Å². The Labute approximate surface area is 96.8 Å². The molecule has 4 nitrogen and oxygen atoms in total. The molecule has 0 amide bonds. The fraction of sp³-hybridized carbons (Fsp3) is 0.364. The lowest BCUT2D eigenvalue weighted by atomic mass is 10.0. The van der Waals surface area contributed by atoms with Crippen LogP contribution in [-0.4, -0.2) is 18.1 Å². The zero-order valence-corrected chi connectivity index (χ0v) is 9.33. The maximum Gasteiger partial charge on any atom is 0.310 e. The van der Waals surface area contributed by atoms with E-state index in [1.807, 2.05) is 0 Å². The number of nitrogens with zero attached hydrogens (tertiary/aromatic N) is 2. The number of rotatable bonds is 3. The molecule has 0 unspecified atom stereocenters. The Balaban J connectivity index is 3.31. The summed E-state index contributed by atoms with van der Waals surface area (Å²) < 4.78 is 30.2. The minimum atomic E-state index is -2.83. The van der Waals surface area contributed by atoms with E-state index in [-0.39, 0.29) is 23.2 Å². The van der Waals surface area contributed by atoms with E-state index < -0.39 is 18.0 Å². The van der Waals surface area contributed by atoms with Crippen molar-refractivity contribution in [2.75, 3.05) is 7.11 Å². The number of alkyl halides is 2. The molecule has 0 saturated heterocycles. The third-order valence-corrected chi connectivity index (χ3v) is 2.28. The van der Waals surface area contributed by atoms with Crippen LogP contribution >= 0.6 is 0 Å². The molecule has 1 heterocycles. The topological polar surface area (TPSA) is 63.0 Å². The minimum Gasteiger partial charge on any atom is -0.469 e. The predicted octanol–water partition coefficient (Wildman–Crippen LogP) is 1.91. The molecule has 0 saturated carbocycles. The number of ether oxygens (including phenoxy) is 1. The Kier molecular flexibility index (Phi) is 4.10. The second-order valence-electron chi connectivity index (χ2n) is 3.32. The summed E-state index contributed by atoms with van der Waals surface area (Å²) in [7, 11) is 1.16. The molecule has 0 atom stereocenters. The van der Waals surface area contributed by atoms with Crippen molar-refractivity contribution < 1.29 is 18.3 Å². The number of esters is 1. The quantitative estimate of drug-likeness (QED) is 0.757. The van der Waals surface area contributed by atoms with Crippen LogP contribution in [0, 0.1) is 18.3 Å². The average Bonchev–Trinajstić information content (AvgIpc) is 2.30. The Hall–Kier alpha value is -2.03. The molecule has 0 aliphatic rings. The molecule has 0 aliphatic heterocycles. The summed E-state index contributed by atoms with van der Waals surface area (Å²) in [6.45, 7) is 1.46. The number of hydrogen-bond donors (Lipinski definition) is 0. The molecule has 0 radical (unpaired) electrons. The number of carbonyl (C=O) groups is 1. The van der Waals surface area contributed by atoms with Crippen LogP contribution in [0.3, 0.4) is 0 Å². The minimum absolute atomic E-state index is 0.0222. The molecule has 0 N–H and O–H groups in total. The molecule has 6 heteroatoms. The molecule has 0 fully saturated rings. The van der Waals surface area contributed by atoms with Gasteiger partial charge in [0, 0.05) is 11.8 Å². The van der Waals surface area contributed by atoms with Crippen molar-refractivity contribution in [1.82, 2.24) is 4.98 Å². The largest absolute Gasteiger partial charge is 0.469 e. The molecule has 1 aromatic heterocycles. The summed E-state index contributed by atoms with van der Waals surface area (Å²) in [5.41, 5.74) is -0.378. The fourth-order valence-corrected chi connectivity index (χ4v) is 1.42. The van der Waals surface area contributed by atoms with Crippen LogP contribution in [0.4, 0.5) is 8.78 Å². The molecule has 1 aromatic rings. The van der Waals surface area contributed by atoms with Crippen LogP contribution in [0.25, 0.3) is 0 Å². The lowest BCUT2D eigenvalue weighted by molar-refractivity contribution is -0.139. The van der Waals surface area contributed by atoms with Crippen molar-refractivity contribution in [1.29, 1.82) is 5.26 Å². The maximum absolute atomic E-state index is 12.9. The van der Waals surface area contributed by atoms with Gasteiger partial charge in [0.15, 0.2) is 0 Å². The molecule has 1 rings (SSSR count). The highest BCUT2D eigenvalue weighted by Crippen LogP contribution is 2.28. The zero-order valence-electron chi connectivity index (χ0n) is 9.33. The van der Waals surface area contributed by atoms with Gasteiger partial charge in [0.25, 0.3) is 6.43 Å². The maximum atomic E-state index is 12.9. The summed E-state index contributed by atoms with van der Waals surface area (Å²) in [6, 6.07) is 1.68. The predicted molar refractivity (Wildman–Crippen MR) is 54.4 cm³/mol. The SMILES string of the molecule is COC(=O)Cc1cnc(C)c(C#N)c1C(F)F. The number of methoxy groups -OCH3 is 1. The highest BCUT2D eigenvalue weighted by molar-refractivity contribution is 5.73. The number of aryl methyl sites for hydroxylation is 1. The molecule has 0 bridgehead atoms. The van der Waals surface area contributed by atoms with Crippen molar-refractivity contribution >= 4 is 5.97 Å². The van der Waals surface area contributed by atoms with Gasteiger partial charge in [-0.05, 0) is 12.5 Å². The van der Waals surface area contributed by atoms with Gasteiger partial charge in [0.2, 0.25) is 0 Å². The summed E-state index contributed by atoms with van der Waals surface area (Å²) in [4.78, 5) is 14.9. The Morgan fingerprint density at radius 1 is 1.65 bits per heavy atom. The second kappa shape index (κ2) is 5.34. The monoisotopic (exact) mass is 240 g/mol.